The SMILES string of the molecule is N#C[C@@H]1CN(C(=O)COC[C@H]2CCCO2)CCN1C1CC1. The summed E-state index contributed by atoms with van der Waals surface area (Å²) in [5.74, 6) is -0.0105. The average molecular weight is 293 g/mol. The van der Waals surface area contributed by atoms with E-state index in [2.05, 4.69) is 11.0 Å². The number of carbonyl (C=O) groups is 1. The monoisotopic (exact) mass is 293 g/mol. The molecule has 0 unspecified atom stereocenters. The molecule has 0 aromatic heterocycles. The van der Waals surface area contributed by atoms with Gasteiger partial charge in [-0.1, -0.05) is 0 Å². The molecule has 2 aliphatic heterocycles. The fourth-order valence-electron chi connectivity index (χ4n) is 3.13. The van der Waals surface area contributed by atoms with Gasteiger partial charge < -0.3 is 14.4 Å². The Kier molecular flexibility index (Phi) is 4.73. The molecule has 0 aromatic carbocycles. The Labute approximate surface area is 125 Å². The molecule has 2 atom stereocenters. The number of nitriles is 1. The van der Waals surface area contributed by atoms with E-state index in [0.29, 0.717) is 25.7 Å². The Morgan fingerprint density at radius 2 is 2.19 bits per heavy atom. The molecule has 0 spiro atoms. The van der Waals surface area contributed by atoms with Crippen molar-refractivity contribution in [2.24, 2.45) is 0 Å². The molecule has 6 heteroatoms. The maximum absolute atomic E-state index is 12.2. The second kappa shape index (κ2) is 6.73. The smallest absolute Gasteiger partial charge is 0.248 e. The lowest BCUT2D eigenvalue weighted by Crippen LogP contribution is -2.55. The van der Waals surface area contributed by atoms with Crippen molar-refractivity contribution in [1.29, 1.82) is 5.26 Å². The summed E-state index contributed by atoms with van der Waals surface area (Å²) < 4.78 is 10.9. The molecular weight excluding hydrogens is 270 g/mol. The van der Waals surface area contributed by atoms with Gasteiger partial charge in [-0.15, -0.1) is 0 Å². The van der Waals surface area contributed by atoms with Crippen LogP contribution in [0.25, 0.3) is 0 Å². The maximum Gasteiger partial charge on any atom is 0.248 e. The Morgan fingerprint density at radius 3 is 2.86 bits per heavy atom. The van der Waals surface area contributed by atoms with Crippen LogP contribution in [0.4, 0.5) is 0 Å². The van der Waals surface area contributed by atoms with Gasteiger partial charge in [-0.2, -0.15) is 5.26 Å². The van der Waals surface area contributed by atoms with Crippen molar-refractivity contribution < 1.29 is 14.3 Å². The first kappa shape index (κ1) is 14.8. The highest BCUT2D eigenvalue weighted by atomic mass is 16.5. The molecule has 0 N–H and O–H groups in total. The fourth-order valence-corrected chi connectivity index (χ4v) is 3.13. The molecule has 116 valence electrons. The highest BCUT2D eigenvalue weighted by Crippen LogP contribution is 2.30. The van der Waals surface area contributed by atoms with E-state index < -0.39 is 0 Å². The van der Waals surface area contributed by atoms with Gasteiger partial charge in [0, 0.05) is 32.3 Å². The van der Waals surface area contributed by atoms with Crippen LogP contribution in [-0.4, -0.2) is 73.3 Å². The Morgan fingerprint density at radius 1 is 1.33 bits per heavy atom. The minimum atomic E-state index is -0.159. The van der Waals surface area contributed by atoms with Crippen LogP contribution >= 0.6 is 0 Å². The number of ether oxygens (including phenoxy) is 2. The summed E-state index contributed by atoms with van der Waals surface area (Å²) in [7, 11) is 0. The molecule has 3 rings (SSSR count). The summed E-state index contributed by atoms with van der Waals surface area (Å²) >= 11 is 0. The zero-order chi connectivity index (χ0) is 14.7. The minimum Gasteiger partial charge on any atom is -0.376 e. The van der Waals surface area contributed by atoms with E-state index in [9.17, 15) is 10.1 Å². The molecule has 0 aromatic rings. The van der Waals surface area contributed by atoms with Crippen LogP contribution in [0.5, 0.6) is 0 Å². The molecule has 6 nitrogen and oxygen atoms in total. The van der Waals surface area contributed by atoms with Crippen molar-refractivity contribution in [3.05, 3.63) is 0 Å². The quantitative estimate of drug-likeness (QED) is 0.733. The van der Waals surface area contributed by atoms with Gasteiger partial charge in [-0.05, 0) is 25.7 Å². The van der Waals surface area contributed by atoms with E-state index in [-0.39, 0.29) is 24.7 Å². The van der Waals surface area contributed by atoms with E-state index in [0.717, 1.165) is 26.0 Å². The zero-order valence-corrected chi connectivity index (χ0v) is 12.4. The van der Waals surface area contributed by atoms with Gasteiger partial charge in [0.2, 0.25) is 5.91 Å². The number of rotatable bonds is 5. The van der Waals surface area contributed by atoms with Crippen molar-refractivity contribution in [3.63, 3.8) is 0 Å². The molecule has 1 aliphatic carbocycles. The Balaban J connectivity index is 1.41. The second-order valence-corrected chi connectivity index (χ2v) is 6.10. The summed E-state index contributed by atoms with van der Waals surface area (Å²) in [6.45, 7) is 3.41. The largest absolute Gasteiger partial charge is 0.376 e. The van der Waals surface area contributed by atoms with Crippen molar-refractivity contribution >= 4 is 5.91 Å². The van der Waals surface area contributed by atoms with Gasteiger partial charge in [0.1, 0.15) is 12.6 Å². The number of amides is 1. The molecule has 0 radical (unpaired) electrons. The van der Waals surface area contributed by atoms with Crippen molar-refractivity contribution in [3.8, 4) is 6.07 Å². The van der Waals surface area contributed by atoms with Crippen molar-refractivity contribution in [2.75, 3.05) is 39.5 Å². The summed E-state index contributed by atoms with van der Waals surface area (Å²) in [5, 5.41) is 9.28. The number of hydrogen-bond donors (Lipinski definition) is 0. The summed E-state index contributed by atoms with van der Waals surface area (Å²) in [6.07, 6.45) is 4.63. The summed E-state index contributed by atoms with van der Waals surface area (Å²) in [6, 6.07) is 2.75. The minimum absolute atomic E-state index is 0.0105. The highest BCUT2D eigenvalue weighted by Gasteiger charge is 2.38. The lowest BCUT2D eigenvalue weighted by Gasteiger charge is -2.38. The predicted molar refractivity (Wildman–Crippen MR) is 75.5 cm³/mol. The average Bonchev–Trinajstić information content (AvgIpc) is 3.23. The van der Waals surface area contributed by atoms with E-state index >= 15 is 0 Å². The highest BCUT2D eigenvalue weighted by molar-refractivity contribution is 5.77. The fraction of sp³-hybridized carbons (Fsp3) is 0.867. The molecule has 0 bridgehead atoms. The lowest BCUT2D eigenvalue weighted by atomic mass is 10.2. The number of nitrogens with zero attached hydrogens (tertiary/aromatic N) is 3. The molecule has 2 heterocycles. The first-order valence-corrected chi connectivity index (χ1v) is 7.90. The molecule has 21 heavy (non-hydrogen) atoms. The van der Waals surface area contributed by atoms with Gasteiger partial charge >= 0.3 is 0 Å². The molecule has 1 saturated carbocycles. The van der Waals surface area contributed by atoms with Gasteiger partial charge in [-0.3, -0.25) is 9.69 Å². The predicted octanol–water partition coefficient (Wildman–Crippen LogP) is 0.381. The third-order valence-electron chi connectivity index (χ3n) is 4.49. The van der Waals surface area contributed by atoms with Gasteiger partial charge in [-0.25, -0.2) is 0 Å². The number of piperazine rings is 1. The maximum atomic E-state index is 12.2. The summed E-state index contributed by atoms with van der Waals surface area (Å²) in [4.78, 5) is 16.2. The molecule has 2 saturated heterocycles. The van der Waals surface area contributed by atoms with Gasteiger partial charge in [0.05, 0.1) is 18.8 Å². The molecule has 3 fully saturated rings. The van der Waals surface area contributed by atoms with Crippen LogP contribution in [0.15, 0.2) is 0 Å². The van der Waals surface area contributed by atoms with E-state index in [1.807, 2.05) is 0 Å². The van der Waals surface area contributed by atoms with E-state index in [4.69, 9.17) is 9.47 Å². The third kappa shape index (κ3) is 3.73. The van der Waals surface area contributed by atoms with E-state index in [1.54, 1.807) is 4.90 Å². The van der Waals surface area contributed by atoms with Gasteiger partial charge in [0.25, 0.3) is 0 Å². The Hall–Kier alpha value is -1.16. The van der Waals surface area contributed by atoms with Crippen LogP contribution in [0, 0.1) is 11.3 Å². The standard InChI is InChI=1S/C15H23N3O3/c16-8-13-9-17(5-6-18(13)12-3-4-12)15(19)11-20-10-14-2-1-7-21-14/h12-14H,1-7,9-11H2/t13-,14-/m1/s1. The first-order valence-electron chi connectivity index (χ1n) is 7.90. The molecule has 1 amide bonds. The topological polar surface area (TPSA) is 65.8 Å². The Bertz CT molecular complexity index is 413. The van der Waals surface area contributed by atoms with Crippen LogP contribution in [0.1, 0.15) is 25.7 Å². The second-order valence-electron chi connectivity index (χ2n) is 6.10. The zero-order valence-electron chi connectivity index (χ0n) is 12.4. The number of hydrogen-bond acceptors (Lipinski definition) is 5. The molecule has 3 aliphatic rings. The van der Waals surface area contributed by atoms with Crippen LogP contribution < -0.4 is 0 Å². The number of carbonyl (C=O) groups excluding carboxylic acids is 1. The third-order valence-corrected chi connectivity index (χ3v) is 4.49. The van der Waals surface area contributed by atoms with Gasteiger partial charge in [0.15, 0.2) is 0 Å². The van der Waals surface area contributed by atoms with E-state index in [1.165, 1.54) is 12.8 Å². The lowest BCUT2D eigenvalue weighted by molar-refractivity contribution is -0.139. The normalized spacial score (nSPS) is 30.3. The van der Waals surface area contributed by atoms with Crippen LogP contribution in [-0.2, 0) is 14.3 Å². The van der Waals surface area contributed by atoms with Crippen molar-refractivity contribution in [1.82, 2.24) is 9.80 Å². The summed E-state index contributed by atoms with van der Waals surface area (Å²) in [5.41, 5.74) is 0. The molecular formula is C15H23N3O3. The van der Waals surface area contributed by atoms with Crippen LogP contribution in [0.3, 0.4) is 0 Å². The van der Waals surface area contributed by atoms with Crippen molar-refractivity contribution in [2.45, 2.75) is 43.9 Å². The van der Waals surface area contributed by atoms with Crippen LogP contribution in [0.2, 0.25) is 0 Å². The first-order chi connectivity index (χ1) is 10.3.